The van der Waals surface area contributed by atoms with Crippen LogP contribution in [0.5, 0.6) is 0 Å². The third-order valence-electron chi connectivity index (χ3n) is 3.51. The van der Waals surface area contributed by atoms with E-state index in [1.165, 1.54) is 0 Å². The molecule has 0 radical (unpaired) electrons. The van der Waals surface area contributed by atoms with Crippen LogP contribution in [0.2, 0.25) is 0 Å². The molecule has 1 saturated heterocycles. The van der Waals surface area contributed by atoms with Crippen LogP contribution in [0.3, 0.4) is 0 Å². The maximum atomic E-state index is 13.7. The molecule has 18 heavy (non-hydrogen) atoms. The van der Waals surface area contributed by atoms with E-state index in [-0.39, 0.29) is 17.7 Å². The molecule has 1 aromatic heterocycles. The average Bonchev–Trinajstić information content (AvgIpc) is 2.34. The third kappa shape index (κ3) is 2.53. The molecule has 1 aliphatic rings. The fourth-order valence-electron chi connectivity index (χ4n) is 2.27. The van der Waals surface area contributed by atoms with Gasteiger partial charge in [-0.15, -0.1) is 0 Å². The molecule has 2 heterocycles. The summed E-state index contributed by atoms with van der Waals surface area (Å²) in [6, 6.07) is 1.01. The van der Waals surface area contributed by atoms with Crippen LogP contribution < -0.4 is 10.6 Å². The Morgan fingerprint density at radius 3 is 2.56 bits per heavy atom. The normalized spacial score (nSPS) is 18.0. The molecule has 1 aromatic rings. The lowest BCUT2D eigenvalue weighted by molar-refractivity contribution is 0.252. The summed E-state index contributed by atoms with van der Waals surface area (Å²) in [4.78, 5) is 7.80. The molecular weight excluding hydrogens is 238 g/mol. The number of halogens is 2. The summed E-state index contributed by atoms with van der Waals surface area (Å²) in [5, 5.41) is 0. The van der Waals surface area contributed by atoms with Crippen molar-refractivity contribution in [1.82, 2.24) is 9.88 Å². The summed E-state index contributed by atoms with van der Waals surface area (Å²) in [5.41, 5.74) is 5.39. The minimum atomic E-state index is -0.812. The molecule has 6 heteroatoms. The molecule has 4 nitrogen and oxygen atoms in total. The first-order valence-electron chi connectivity index (χ1n) is 6.02. The monoisotopic (exact) mass is 256 g/mol. The predicted octanol–water partition coefficient (Wildman–Crippen LogP) is 1.47. The number of anilines is 2. The van der Waals surface area contributed by atoms with Crippen molar-refractivity contribution in [3.05, 3.63) is 17.7 Å². The lowest BCUT2D eigenvalue weighted by Crippen LogP contribution is -2.42. The van der Waals surface area contributed by atoms with Gasteiger partial charge in [0.1, 0.15) is 0 Å². The maximum Gasteiger partial charge on any atom is 0.168 e. The zero-order valence-corrected chi connectivity index (χ0v) is 10.7. The molecule has 0 spiro atoms. The molecule has 0 saturated carbocycles. The van der Waals surface area contributed by atoms with Crippen molar-refractivity contribution in [2.45, 2.75) is 18.9 Å². The standard InChI is InChI=1S/C12H18F2N4/c1-17-5-3-8(4-6-17)18(2)12-10(14)7-9(13)11(15)16-12/h7-8H,3-6H2,1-2H3,(H2,15,16). The molecule has 0 aliphatic carbocycles. The van der Waals surface area contributed by atoms with Gasteiger partial charge in [-0.3, -0.25) is 0 Å². The molecule has 1 fully saturated rings. The molecule has 0 atom stereocenters. The van der Waals surface area contributed by atoms with Gasteiger partial charge in [0.2, 0.25) is 0 Å². The number of nitrogens with zero attached hydrogens (tertiary/aromatic N) is 3. The second-order valence-corrected chi connectivity index (χ2v) is 4.81. The van der Waals surface area contributed by atoms with Crippen LogP contribution in [0.4, 0.5) is 20.4 Å². The molecule has 2 rings (SSSR count). The van der Waals surface area contributed by atoms with Gasteiger partial charge in [0, 0.05) is 19.2 Å². The number of piperidine rings is 1. The fourth-order valence-corrected chi connectivity index (χ4v) is 2.27. The number of hydrogen-bond donors (Lipinski definition) is 1. The van der Waals surface area contributed by atoms with Crippen molar-refractivity contribution in [1.29, 1.82) is 0 Å². The van der Waals surface area contributed by atoms with Crippen LogP contribution >= 0.6 is 0 Å². The molecule has 0 aromatic carbocycles. The highest BCUT2D eigenvalue weighted by Gasteiger charge is 2.24. The van der Waals surface area contributed by atoms with Gasteiger partial charge >= 0.3 is 0 Å². The number of hydrogen-bond acceptors (Lipinski definition) is 4. The van der Waals surface area contributed by atoms with Crippen LogP contribution in [0.15, 0.2) is 6.07 Å². The van der Waals surface area contributed by atoms with Crippen molar-refractivity contribution >= 4 is 11.6 Å². The van der Waals surface area contributed by atoms with E-state index >= 15 is 0 Å². The molecule has 0 unspecified atom stereocenters. The fraction of sp³-hybridized carbons (Fsp3) is 0.583. The van der Waals surface area contributed by atoms with Crippen LogP contribution in [0.25, 0.3) is 0 Å². The first-order chi connectivity index (χ1) is 8.49. The smallest absolute Gasteiger partial charge is 0.168 e. The summed E-state index contributed by atoms with van der Waals surface area (Å²) in [6.07, 6.45) is 1.87. The zero-order chi connectivity index (χ0) is 13.3. The molecule has 0 bridgehead atoms. The Hall–Kier alpha value is -1.43. The van der Waals surface area contributed by atoms with Crippen LogP contribution in [-0.4, -0.2) is 43.1 Å². The summed E-state index contributed by atoms with van der Waals surface area (Å²) < 4.78 is 26.8. The molecule has 100 valence electrons. The van der Waals surface area contributed by atoms with Crippen molar-refractivity contribution in [3.8, 4) is 0 Å². The summed E-state index contributed by atoms with van der Waals surface area (Å²) in [6.45, 7) is 1.93. The number of rotatable bonds is 2. The van der Waals surface area contributed by atoms with E-state index in [2.05, 4.69) is 16.9 Å². The lowest BCUT2D eigenvalue weighted by Gasteiger charge is -2.35. The largest absolute Gasteiger partial charge is 0.381 e. The lowest BCUT2D eigenvalue weighted by atomic mass is 10.0. The molecule has 1 aliphatic heterocycles. The van der Waals surface area contributed by atoms with Gasteiger partial charge < -0.3 is 15.5 Å². The Balaban J connectivity index is 2.18. The van der Waals surface area contributed by atoms with Gasteiger partial charge in [0.25, 0.3) is 0 Å². The van der Waals surface area contributed by atoms with E-state index in [9.17, 15) is 8.78 Å². The third-order valence-corrected chi connectivity index (χ3v) is 3.51. The van der Waals surface area contributed by atoms with E-state index in [0.29, 0.717) is 0 Å². The maximum absolute atomic E-state index is 13.7. The van der Waals surface area contributed by atoms with Gasteiger partial charge in [-0.1, -0.05) is 0 Å². The minimum Gasteiger partial charge on any atom is -0.381 e. The number of nitrogen functional groups attached to an aromatic ring is 1. The van der Waals surface area contributed by atoms with E-state index in [0.717, 1.165) is 32.0 Å². The van der Waals surface area contributed by atoms with Crippen molar-refractivity contribution in [3.63, 3.8) is 0 Å². The number of aromatic nitrogens is 1. The average molecular weight is 256 g/mol. The number of pyridine rings is 1. The highest BCUT2D eigenvalue weighted by atomic mass is 19.1. The van der Waals surface area contributed by atoms with Gasteiger partial charge in [0.05, 0.1) is 0 Å². The Labute approximate surface area is 105 Å². The Kier molecular flexibility index (Phi) is 3.65. The molecule has 2 N–H and O–H groups in total. The van der Waals surface area contributed by atoms with Gasteiger partial charge in [-0.2, -0.15) is 0 Å². The molecular formula is C12H18F2N4. The van der Waals surface area contributed by atoms with Crippen LogP contribution in [-0.2, 0) is 0 Å². The zero-order valence-electron chi connectivity index (χ0n) is 10.7. The number of likely N-dealkylation sites (tertiary alicyclic amines) is 1. The summed E-state index contributed by atoms with van der Waals surface area (Å²) in [5.74, 6) is -1.61. The van der Waals surface area contributed by atoms with Gasteiger partial charge in [-0.05, 0) is 33.0 Å². The molecule has 0 amide bonds. The number of nitrogens with two attached hydrogens (primary N) is 1. The quantitative estimate of drug-likeness (QED) is 0.870. The van der Waals surface area contributed by atoms with Crippen LogP contribution in [0.1, 0.15) is 12.8 Å². The van der Waals surface area contributed by atoms with Gasteiger partial charge in [-0.25, -0.2) is 13.8 Å². The highest BCUT2D eigenvalue weighted by Crippen LogP contribution is 2.24. The topological polar surface area (TPSA) is 45.4 Å². The van der Waals surface area contributed by atoms with E-state index in [4.69, 9.17) is 5.73 Å². The Bertz CT molecular complexity index is 430. The predicted molar refractivity (Wildman–Crippen MR) is 67.5 cm³/mol. The second kappa shape index (κ2) is 5.06. The van der Waals surface area contributed by atoms with Gasteiger partial charge in [0.15, 0.2) is 23.3 Å². The first-order valence-corrected chi connectivity index (χ1v) is 6.02. The van der Waals surface area contributed by atoms with Crippen molar-refractivity contribution in [2.24, 2.45) is 0 Å². The van der Waals surface area contributed by atoms with E-state index in [1.54, 1.807) is 11.9 Å². The SMILES string of the molecule is CN1CCC(N(C)c2nc(N)c(F)cc2F)CC1. The van der Waals surface area contributed by atoms with E-state index in [1.807, 2.05) is 0 Å². The van der Waals surface area contributed by atoms with Crippen molar-refractivity contribution < 1.29 is 8.78 Å². The van der Waals surface area contributed by atoms with Crippen LogP contribution in [0, 0.1) is 11.6 Å². The summed E-state index contributed by atoms with van der Waals surface area (Å²) >= 11 is 0. The Morgan fingerprint density at radius 1 is 1.33 bits per heavy atom. The highest BCUT2D eigenvalue weighted by molar-refractivity contribution is 5.47. The second-order valence-electron chi connectivity index (χ2n) is 4.81. The first kappa shape index (κ1) is 13.0. The summed E-state index contributed by atoms with van der Waals surface area (Å²) in [7, 11) is 3.84. The van der Waals surface area contributed by atoms with Crippen molar-refractivity contribution in [2.75, 3.05) is 37.8 Å². The Morgan fingerprint density at radius 2 is 1.94 bits per heavy atom. The minimum absolute atomic E-state index is 0.128. The van der Waals surface area contributed by atoms with E-state index < -0.39 is 11.6 Å².